The Morgan fingerprint density at radius 3 is 2.71 bits per heavy atom. The summed E-state index contributed by atoms with van der Waals surface area (Å²) in [7, 11) is 0. The topological polar surface area (TPSA) is 47.0 Å². The normalized spacial score (nSPS) is 10.6. The third-order valence-corrected chi connectivity index (χ3v) is 2.39. The van der Waals surface area contributed by atoms with Crippen LogP contribution in [-0.2, 0) is 11.3 Å². The van der Waals surface area contributed by atoms with Gasteiger partial charge in [-0.3, -0.25) is 10.5 Å². The Morgan fingerprint density at radius 2 is 2.21 bits per heavy atom. The van der Waals surface area contributed by atoms with E-state index in [2.05, 4.69) is 0 Å². The average Bonchev–Trinajstić information content (AvgIpc) is 2.11. The Morgan fingerprint density at radius 1 is 1.57 bits per heavy atom. The predicted molar refractivity (Wildman–Crippen MR) is 56.3 cm³/mol. The highest BCUT2D eigenvalue weighted by Crippen LogP contribution is 2.04. The summed E-state index contributed by atoms with van der Waals surface area (Å²) in [5.74, 6) is 0.256. The van der Waals surface area contributed by atoms with E-state index in [0.29, 0.717) is 5.82 Å². The van der Waals surface area contributed by atoms with Gasteiger partial charge in [0.1, 0.15) is 5.69 Å². The van der Waals surface area contributed by atoms with Crippen molar-refractivity contribution in [1.29, 1.82) is 0 Å². The van der Waals surface area contributed by atoms with Crippen molar-refractivity contribution in [3.05, 3.63) is 23.9 Å². The first-order valence-electron chi connectivity index (χ1n) is 4.08. The molecule has 0 saturated heterocycles. The van der Waals surface area contributed by atoms with Crippen molar-refractivity contribution >= 4 is 34.8 Å². The maximum atomic E-state index is 11.3. The molecule has 5 heteroatoms. The van der Waals surface area contributed by atoms with Crippen LogP contribution in [-0.4, -0.2) is 10.6 Å². The second-order valence-electron chi connectivity index (χ2n) is 2.95. The maximum absolute atomic E-state index is 11.3. The molecule has 76 valence electrons. The molecule has 0 radical (unpaired) electrons. The molecular formula is C9H11Cl2N2O+. The molecule has 1 aromatic heterocycles. The van der Waals surface area contributed by atoms with Crippen LogP contribution in [0.15, 0.2) is 18.2 Å². The van der Waals surface area contributed by atoms with Crippen molar-refractivity contribution in [2.75, 3.05) is 5.73 Å². The minimum absolute atomic E-state index is 0.107. The van der Waals surface area contributed by atoms with Gasteiger partial charge in [0, 0.05) is 6.07 Å². The lowest BCUT2D eigenvalue weighted by atomic mass is 10.3. The number of aromatic nitrogens is 1. The summed E-state index contributed by atoms with van der Waals surface area (Å²) in [5.41, 5.74) is 6.59. The first-order valence-corrected chi connectivity index (χ1v) is 4.95. The molecular weight excluding hydrogens is 223 g/mol. The number of nitrogen functional groups attached to an aromatic ring is 1. The largest absolute Gasteiger partial charge is 0.292 e. The number of halogens is 2. The number of aryl methyl sites for hydroxylation is 1. The number of hydrogen-bond acceptors (Lipinski definition) is 2. The fourth-order valence-electron chi connectivity index (χ4n) is 1.11. The van der Waals surface area contributed by atoms with Crippen molar-refractivity contribution in [1.82, 2.24) is 0 Å². The zero-order chi connectivity index (χ0) is 10.7. The van der Waals surface area contributed by atoms with Crippen molar-refractivity contribution in [3.63, 3.8) is 0 Å². The van der Waals surface area contributed by atoms with Gasteiger partial charge in [-0.05, 0) is 13.0 Å². The number of Topliss-reactive ketones (excluding diaryl/α,β-unsaturated/α-hetero) is 1. The van der Waals surface area contributed by atoms with Gasteiger partial charge in [0.05, 0.1) is 0 Å². The fourth-order valence-corrected chi connectivity index (χ4v) is 1.25. The summed E-state index contributed by atoms with van der Waals surface area (Å²) in [5, 5.41) is 0. The summed E-state index contributed by atoms with van der Waals surface area (Å²) in [6, 6.07) is 5.41. The first kappa shape index (κ1) is 11.3. The standard InChI is InChI=1S/C9H10Cl2N2O/c1-6-3-2-4-8(12)13(6)5-7(14)9(10)11/h2-4,9,12H,5H2,1H3/p+1. The first-order chi connectivity index (χ1) is 6.52. The van der Waals surface area contributed by atoms with E-state index in [4.69, 9.17) is 28.9 Å². The third-order valence-electron chi connectivity index (χ3n) is 1.90. The van der Waals surface area contributed by atoms with Gasteiger partial charge in [-0.25, -0.2) is 4.57 Å². The van der Waals surface area contributed by atoms with Crippen LogP contribution < -0.4 is 10.3 Å². The van der Waals surface area contributed by atoms with E-state index >= 15 is 0 Å². The van der Waals surface area contributed by atoms with Gasteiger partial charge in [-0.2, -0.15) is 0 Å². The second kappa shape index (κ2) is 4.62. The number of nitrogens with zero attached hydrogens (tertiary/aromatic N) is 1. The number of anilines is 1. The summed E-state index contributed by atoms with van der Waals surface area (Å²) in [6.07, 6.45) is 0. The van der Waals surface area contributed by atoms with E-state index in [1.165, 1.54) is 0 Å². The van der Waals surface area contributed by atoms with Crippen molar-refractivity contribution < 1.29 is 9.36 Å². The molecule has 0 fully saturated rings. The van der Waals surface area contributed by atoms with Crippen molar-refractivity contribution in [3.8, 4) is 0 Å². The Bertz CT molecular complexity index is 332. The summed E-state index contributed by atoms with van der Waals surface area (Å²) < 4.78 is 1.67. The summed E-state index contributed by atoms with van der Waals surface area (Å²) >= 11 is 10.9. The van der Waals surface area contributed by atoms with Gasteiger partial charge in [-0.1, -0.05) is 29.3 Å². The second-order valence-corrected chi connectivity index (χ2v) is 4.04. The SMILES string of the molecule is Cc1cccc(N)[n+]1CC(=O)C(Cl)Cl. The van der Waals surface area contributed by atoms with Crippen molar-refractivity contribution in [2.24, 2.45) is 0 Å². The Hall–Kier alpha value is -0.800. The minimum atomic E-state index is -0.999. The number of carbonyl (C=O) groups excluding carboxylic acids is 1. The molecule has 1 aromatic rings. The summed E-state index contributed by atoms with van der Waals surface area (Å²) in [4.78, 5) is 10.3. The Balaban J connectivity index is 2.91. The molecule has 0 amide bonds. The Labute approximate surface area is 92.4 Å². The molecule has 0 aromatic carbocycles. The smallest absolute Gasteiger partial charge is 0.272 e. The zero-order valence-corrected chi connectivity index (χ0v) is 9.22. The molecule has 2 N–H and O–H groups in total. The highest BCUT2D eigenvalue weighted by molar-refractivity contribution is 6.53. The molecule has 0 aliphatic heterocycles. The molecule has 0 bridgehead atoms. The van der Waals surface area contributed by atoms with Gasteiger partial charge in [-0.15, -0.1) is 0 Å². The van der Waals surface area contributed by atoms with Gasteiger partial charge in [0.25, 0.3) is 5.82 Å². The van der Waals surface area contributed by atoms with Gasteiger partial charge in [0.2, 0.25) is 5.78 Å². The van der Waals surface area contributed by atoms with Crippen molar-refractivity contribution in [2.45, 2.75) is 18.3 Å². The molecule has 0 aliphatic rings. The lowest BCUT2D eigenvalue weighted by Gasteiger charge is -2.05. The number of rotatable bonds is 3. The monoisotopic (exact) mass is 233 g/mol. The fraction of sp³-hybridized carbons (Fsp3) is 0.333. The van der Waals surface area contributed by atoms with E-state index in [1.54, 1.807) is 10.6 Å². The predicted octanol–water partition coefficient (Wildman–Crippen LogP) is 1.24. The zero-order valence-electron chi connectivity index (χ0n) is 7.71. The number of hydrogen-bond donors (Lipinski definition) is 1. The lowest BCUT2D eigenvalue weighted by molar-refractivity contribution is -0.675. The van der Waals surface area contributed by atoms with Crippen LogP contribution in [0.5, 0.6) is 0 Å². The van der Waals surface area contributed by atoms with E-state index < -0.39 is 4.84 Å². The van der Waals surface area contributed by atoms with Crippen LogP contribution in [0.4, 0.5) is 5.82 Å². The van der Waals surface area contributed by atoms with E-state index in [0.717, 1.165) is 5.69 Å². The van der Waals surface area contributed by atoms with E-state index in [-0.39, 0.29) is 12.3 Å². The van der Waals surface area contributed by atoms with Gasteiger partial charge < -0.3 is 0 Å². The quantitative estimate of drug-likeness (QED) is 0.631. The number of carbonyl (C=O) groups is 1. The molecule has 0 unspecified atom stereocenters. The minimum Gasteiger partial charge on any atom is -0.292 e. The van der Waals surface area contributed by atoms with Crippen LogP contribution in [0.25, 0.3) is 0 Å². The molecule has 0 spiro atoms. The molecule has 1 rings (SSSR count). The molecule has 0 atom stereocenters. The van der Waals surface area contributed by atoms with Gasteiger partial charge >= 0.3 is 0 Å². The van der Waals surface area contributed by atoms with Crippen LogP contribution in [0.1, 0.15) is 5.69 Å². The van der Waals surface area contributed by atoms with Gasteiger partial charge in [0.15, 0.2) is 11.4 Å². The molecule has 1 heterocycles. The average molecular weight is 234 g/mol. The van der Waals surface area contributed by atoms with E-state index in [1.807, 2.05) is 19.1 Å². The highest BCUT2D eigenvalue weighted by Gasteiger charge is 2.17. The third kappa shape index (κ3) is 2.59. The van der Waals surface area contributed by atoms with Crippen LogP contribution in [0, 0.1) is 6.92 Å². The number of nitrogens with two attached hydrogens (primary N) is 1. The molecule has 0 saturated carbocycles. The summed E-state index contributed by atoms with van der Waals surface area (Å²) in [6.45, 7) is 1.97. The molecule has 0 aliphatic carbocycles. The molecule has 3 nitrogen and oxygen atoms in total. The maximum Gasteiger partial charge on any atom is 0.272 e. The van der Waals surface area contributed by atoms with E-state index in [9.17, 15) is 4.79 Å². The Kier molecular flexibility index (Phi) is 3.72. The number of pyridine rings is 1. The number of alkyl halides is 2. The van der Waals surface area contributed by atoms with Crippen LogP contribution in [0.3, 0.4) is 0 Å². The highest BCUT2D eigenvalue weighted by atomic mass is 35.5. The van der Waals surface area contributed by atoms with Crippen LogP contribution in [0.2, 0.25) is 0 Å². The number of ketones is 1. The van der Waals surface area contributed by atoms with Crippen LogP contribution >= 0.6 is 23.2 Å². The lowest BCUT2D eigenvalue weighted by Crippen LogP contribution is -2.44. The molecule has 14 heavy (non-hydrogen) atoms.